The van der Waals surface area contributed by atoms with Crippen molar-refractivity contribution in [2.75, 3.05) is 4.90 Å². The van der Waals surface area contributed by atoms with E-state index in [1.54, 1.807) is 0 Å². The Morgan fingerprint density at radius 1 is 0.386 bits per heavy atom. The fourth-order valence-electron chi connectivity index (χ4n) is 9.33. The molecule has 10 aromatic carbocycles. The van der Waals surface area contributed by atoms with Crippen LogP contribution in [0.25, 0.3) is 81.7 Å². The topological polar surface area (TPSA) is 3.24 Å². The molecule has 0 saturated heterocycles. The van der Waals surface area contributed by atoms with Gasteiger partial charge < -0.3 is 4.90 Å². The lowest BCUT2D eigenvalue weighted by Crippen LogP contribution is -2.11. The average Bonchev–Trinajstić information content (AvgIpc) is 3.29. The SMILES string of the molecule is C1=CCCC(c2c(-c3ccccc3)cc(-c3ccccc3)c3c4ccccc4c4cc(N(c5cccc6ccccc56)c5cccc6ccccc56)ccc4c23)=C1. The molecule has 1 nitrogen and oxygen atoms in total. The zero-order valence-electron chi connectivity index (χ0n) is 31.6. The summed E-state index contributed by atoms with van der Waals surface area (Å²) in [6, 6.07) is 71.6. The van der Waals surface area contributed by atoms with E-state index >= 15 is 0 Å². The van der Waals surface area contributed by atoms with Crippen molar-refractivity contribution in [2.24, 2.45) is 0 Å². The number of hydrogen-bond donors (Lipinski definition) is 0. The van der Waals surface area contributed by atoms with Gasteiger partial charge in [-0.3, -0.25) is 0 Å². The van der Waals surface area contributed by atoms with Gasteiger partial charge in [-0.2, -0.15) is 0 Å². The number of nitrogens with zero attached hydrogens (tertiary/aromatic N) is 1. The van der Waals surface area contributed by atoms with Gasteiger partial charge in [-0.25, -0.2) is 0 Å². The molecule has 0 fully saturated rings. The molecule has 0 radical (unpaired) electrons. The summed E-state index contributed by atoms with van der Waals surface area (Å²) in [6.45, 7) is 0. The summed E-state index contributed by atoms with van der Waals surface area (Å²) in [5, 5.41) is 12.5. The van der Waals surface area contributed by atoms with E-state index in [1.807, 2.05) is 0 Å². The molecular formula is C56H39N. The number of fused-ring (bicyclic) bond motifs is 8. The van der Waals surface area contributed by atoms with E-state index in [9.17, 15) is 0 Å². The lowest BCUT2D eigenvalue weighted by atomic mass is 9.80. The minimum atomic E-state index is 0.998. The van der Waals surface area contributed by atoms with Gasteiger partial charge in [0.2, 0.25) is 0 Å². The van der Waals surface area contributed by atoms with Crippen molar-refractivity contribution in [2.45, 2.75) is 12.8 Å². The van der Waals surface area contributed by atoms with Gasteiger partial charge >= 0.3 is 0 Å². The summed E-state index contributed by atoms with van der Waals surface area (Å²) >= 11 is 0. The molecule has 1 aliphatic rings. The molecule has 0 aromatic heterocycles. The van der Waals surface area contributed by atoms with Crippen LogP contribution in [0.4, 0.5) is 17.1 Å². The van der Waals surface area contributed by atoms with Gasteiger partial charge in [-0.05, 0) is 120 Å². The molecule has 0 spiro atoms. The molecule has 10 aromatic rings. The molecule has 0 bridgehead atoms. The van der Waals surface area contributed by atoms with Crippen molar-refractivity contribution >= 4 is 76.5 Å². The quantitative estimate of drug-likeness (QED) is 0.154. The molecule has 0 atom stereocenters. The van der Waals surface area contributed by atoms with Crippen molar-refractivity contribution in [1.82, 2.24) is 0 Å². The largest absolute Gasteiger partial charge is 0.309 e. The van der Waals surface area contributed by atoms with E-state index in [1.165, 1.54) is 87.3 Å². The van der Waals surface area contributed by atoms with Gasteiger partial charge in [0.15, 0.2) is 0 Å². The van der Waals surface area contributed by atoms with Crippen LogP contribution in [0, 0.1) is 0 Å². The van der Waals surface area contributed by atoms with Crippen LogP contribution in [0.5, 0.6) is 0 Å². The van der Waals surface area contributed by atoms with E-state index in [4.69, 9.17) is 0 Å². The van der Waals surface area contributed by atoms with Gasteiger partial charge in [0.1, 0.15) is 0 Å². The highest BCUT2D eigenvalue weighted by Gasteiger charge is 2.24. The standard InChI is InChI=1S/C56H39N/c1-4-18-40(19-5-1)49-37-50(41-20-6-2-7-21-41)55-47-31-15-14-30-46(47)51-36-43(34-35-48(51)56(55)54(49)42-24-8-3-9-25-42)57(52-32-16-26-38-22-10-12-28-44(38)52)53-33-17-27-39-23-11-13-29-45(39)53/h1-8,10-24,26-37H,9,25H2. The highest BCUT2D eigenvalue weighted by atomic mass is 15.1. The molecule has 0 saturated carbocycles. The monoisotopic (exact) mass is 725 g/mol. The predicted octanol–water partition coefficient (Wildman–Crippen LogP) is 16.0. The van der Waals surface area contributed by atoms with E-state index in [0.29, 0.717) is 0 Å². The predicted molar refractivity (Wildman–Crippen MR) is 246 cm³/mol. The van der Waals surface area contributed by atoms with Crippen LogP contribution in [0.2, 0.25) is 0 Å². The second-order valence-corrected chi connectivity index (χ2v) is 15.1. The van der Waals surface area contributed by atoms with Crippen LogP contribution < -0.4 is 4.90 Å². The Bertz CT molecular complexity index is 3140. The number of anilines is 3. The summed E-state index contributed by atoms with van der Waals surface area (Å²) in [4.78, 5) is 2.48. The molecular weight excluding hydrogens is 687 g/mol. The number of rotatable bonds is 6. The number of hydrogen-bond acceptors (Lipinski definition) is 1. The highest BCUT2D eigenvalue weighted by Crippen LogP contribution is 2.50. The van der Waals surface area contributed by atoms with Crippen molar-refractivity contribution in [3.63, 3.8) is 0 Å². The maximum Gasteiger partial charge on any atom is 0.0540 e. The van der Waals surface area contributed by atoms with E-state index < -0.39 is 0 Å². The molecule has 0 heterocycles. The summed E-state index contributed by atoms with van der Waals surface area (Å²) in [5.41, 5.74) is 11.2. The molecule has 0 aliphatic heterocycles. The van der Waals surface area contributed by atoms with Crippen LogP contribution in [-0.2, 0) is 0 Å². The third-order valence-electron chi connectivity index (χ3n) is 11.9. The van der Waals surface area contributed by atoms with Crippen molar-refractivity contribution in [3.8, 4) is 22.3 Å². The lowest BCUT2D eigenvalue weighted by molar-refractivity contribution is 1.06. The zero-order valence-corrected chi connectivity index (χ0v) is 31.6. The Morgan fingerprint density at radius 3 is 1.56 bits per heavy atom. The van der Waals surface area contributed by atoms with Crippen molar-refractivity contribution in [3.05, 3.63) is 218 Å². The first-order valence-corrected chi connectivity index (χ1v) is 20.0. The molecule has 1 aliphatic carbocycles. The van der Waals surface area contributed by atoms with Gasteiger partial charge in [-0.1, -0.05) is 182 Å². The summed E-state index contributed by atoms with van der Waals surface area (Å²) in [7, 11) is 0. The van der Waals surface area contributed by atoms with E-state index in [0.717, 1.165) is 29.9 Å². The fourth-order valence-corrected chi connectivity index (χ4v) is 9.33. The van der Waals surface area contributed by atoms with Crippen LogP contribution in [0.3, 0.4) is 0 Å². The first-order chi connectivity index (χ1) is 28.3. The van der Waals surface area contributed by atoms with Gasteiger partial charge in [0, 0.05) is 16.5 Å². The molecule has 268 valence electrons. The van der Waals surface area contributed by atoms with Crippen molar-refractivity contribution < 1.29 is 0 Å². The Kier molecular flexibility index (Phi) is 8.03. The minimum absolute atomic E-state index is 0.998. The normalized spacial score (nSPS) is 12.8. The van der Waals surface area contributed by atoms with Crippen molar-refractivity contribution in [1.29, 1.82) is 0 Å². The Hall–Kier alpha value is -7.22. The lowest BCUT2D eigenvalue weighted by Gasteiger charge is -2.29. The number of benzene rings is 10. The fraction of sp³-hybridized carbons (Fsp3) is 0.0357. The van der Waals surface area contributed by atoms with E-state index in [2.05, 4.69) is 217 Å². The second kappa shape index (κ2) is 13.8. The van der Waals surface area contributed by atoms with Crippen LogP contribution in [0.1, 0.15) is 18.4 Å². The summed E-state index contributed by atoms with van der Waals surface area (Å²) in [5.74, 6) is 0. The second-order valence-electron chi connectivity index (χ2n) is 15.1. The van der Waals surface area contributed by atoms with Gasteiger partial charge in [-0.15, -0.1) is 0 Å². The smallest absolute Gasteiger partial charge is 0.0540 e. The molecule has 1 heteroatoms. The Labute approximate surface area is 333 Å². The molecule has 11 rings (SSSR count). The molecule has 0 N–H and O–H groups in total. The highest BCUT2D eigenvalue weighted by molar-refractivity contribution is 6.32. The molecule has 57 heavy (non-hydrogen) atoms. The molecule has 0 unspecified atom stereocenters. The first kappa shape index (κ1) is 33.1. The molecule has 0 amide bonds. The maximum atomic E-state index is 2.48. The maximum absolute atomic E-state index is 2.48. The average molecular weight is 726 g/mol. The summed E-state index contributed by atoms with van der Waals surface area (Å²) in [6.07, 6.45) is 8.92. The minimum Gasteiger partial charge on any atom is -0.309 e. The van der Waals surface area contributed by atoms with Crippen LogP contribution in [0.15, 0.2) is 212 Å². The number of allylic oxidation sites excluding steroid dienone is 4. The zero-order chi connectivity index (χ0) is 37.7. The van der Waals surface area contributed by atoms with Crippen LogP contribution >= 0.6 is 0 Å². The van der Waals surface area contributed by atoms with E-state index in [-0.39, 0.29) is 0 Å². The van der Waals surface area contributed by atoms with Gasteiger partial charge in [0.25, 0.3) is 0 Å². The van der Waals surface area contributed by atoms with Gasteiger partial charge in [0.05, 0.1) is 11.4 Å². The Morgan fingerprint density at radius 2 is 0.930 bits per heavy atom. The Balaban J connectivity index is 1.30. The third-order valence-corrected chi connectivity index (χ3v) is 11.9. The van der Waals surface area contributed by atoms with Crippen LogP contribution in [-0.4, -0.2) is 0 Å². The third kappa shape index (κ3) is 5.54. The first-order valence-electron chi connectivity index (χ1n) is 20.0. The summed E-state index contributed by atoms with van der Waals surface area (Å²) < 4.78 is 0.